The third-order valence-electron chi connectivity index (χ3n) is 4.85. The Morgan fingerprint density at radius 2 is 1.86 bits per heavy atom. The summed E-state index contributed by atoms with van der Waals surface area (Å²) < 4.78 is 5.23. The van der Waals surface area contributed by atoms with Crippen molar-refractivity contribution in [3.63, 3.8) is 0 Å². The van der Waals surface area contributed by atoms with Gasteiger partial charge in [0.15, 0.2) is 0 Å². The lowest BCUT2D eigenvalue weighted by Gasteiger charge is -2.33. The molecule has 28 heavy (non-hydrogen) atoms. The fourth-order valence-electron chi connectivity index (χ4n) is 3.28. The van der Waals surface area contributed by atoms with Gasteiger partial charge in [-0.25, -0.2) is 4.98 Å². The molecule has 1 saturated heterocycles. The summed E-state index contributed by atoms with van der Waals surface area (Å²) in [6, 6.07) is 14.0. The van der Waals surface area contributed by atoms with Crippen LogP contribution in [0.2, 0.25) is 0 Å². The second-order valence-electron chi connectivity index (χ2n) is 6.90. The van der Waals surface area contributed by atoms with Crippen molar-refractivity contribution in [3.05, 3.63) is 64.9 Å². The lowest BCUT2D eigenvalue weighted by atomic mass is 10.2. The van der Waals surface area contributed by atoms with Gasteiger partial charge in [0, 0.05) is 37.1 Å². The molecule has 1 amide bonds. The summed E-state index contributed by atoms with van der Waals surface area (Å²) in [6.07, 6.45) is 1.62. The Hall–Kier alpha value is -2.48. The van der Waals surface area contributed by atoms with Crippen molar-refractivity contribution in [1.82, 2.24) is 20.1 Å². The highest BCUT2D eigenvalue weighted by Crippen LogP contribution is 2.22. The largest absolute Gasteiger partial charge is 0.467 e. The van der Waals surface area contributed by atoms with Gasteiger partial charge in [0.05, 0.1) is 31.6 Å². The third kappa shape index (κ3) is 5.07. The van der Waals surface area contributed by atoms with Crippen LogP contribution in [0.5, 0.6) is 0 Å². The van der Waals surface area contributed by atoms with Crippen molar-refractivity contribution in [1.29, 1.82) is 0 Å². The number of aromatic nitrogens is 1. The predicted molar refractivity (Wildman–Crippen MR) is 110 cm³/mol. The number of rotatable bonds is 7. The van der Waals surface area contributed by atoms with Crippen LogP contribution in [0.1, 0.15) is 10.8 Å². The lowest BCUT2D eigenvalue weighted by molar-refractivity contribution is -0.122. The van der Waals surface area contributed by atoms with E-state index >= 15 is 0 Å². The van der Waals surface area contributed by atoms with Crippen LogP contribution in [-0.4, -0.2) is 53.4 Å². The van der Waals surface area contributed by atoms with E-state index in [0.29, 0.717) is 13.1 Å². The molecule has 0 unspecified atom stereocenters. The molecule has 0 atom stereocenters. The number of benzene rings is 1. The van der Waals surface area contributed by atoms with E-state index in [1.54, 1.807) is 17.6 Å². The van der Waals surface area contributed by atoms with Gasteiger partial charge in [-0.1, -0.05) is 30.3 Å². The minimum absolute atomic E-state index is 0.0391. The number of nitrogens with one attached hydrogen (secondary N) is 1. The van der Waals surface area contributed by atoms with Gasteiger partial charge in [-0.15, -0.1) is 11.3 Å². The highest BCUT2D eigenvalue weighted by molar-refractivity contribution is 7.09. The van der Waals surface area contributed by atoms with Gasteiger partial charge in [-0.2, -0.15) is 0 Å². The van der Waals surface area contributed by atoms with Crippen molar-refractivity contribution in [3.8, 4) is 11.3 Å². The SMILES string of the molecule is O=C(CN1CCN(Cc2nc(-c3ccccc3)cs2)CC1)NCc1ccco1. The monoisotopic (exact) mass is 396 g/mol. The molecule has 0 aliphatic carbocycles. The Kier molecular flexibility index (Phi) is 6.16. The summed E-state index contributed by atoms with van der Waals surface area (Å²) in [4.78, 5) is 21.5. The Morgan fingerprint density at radius 3 is 2.61 bits per heavy atom. The van der Waals surface area contributed by atoms with Crippen molar-refractivity contribution >= 4 is 17.2 Å². The molecule has 146 valence electrons. The molecular weight excluding hydrogens is 372 g/mol. The highest BCUT2D eigenvalue weighted by atomic mass is 32.1. The number of carbonyl (C=O) groups excluding carboxylic acids is 1. The van der Waals surface area contributed by atoms with E-state index in [1.165, 1.54) is 0 Å². The fraction of sp³-hybridized carbons (Fsp3) is 0.333. The first-order valence-corrected chi connectivity index (χ1v) is 10.4. The summed E-state index contributed by atoms with van der Waals surface area (Å²) in [5, 5.41) is 6.18. The van der Waals surface area contributed by atoms with Gasteiger partial charge >= 0.3 is 0 Å². The van der Waals surface area contributed by atoms with Crippen LogP contribution in [-0.2, 0) is 17.9 Å². The van der Waals surface area contributed by atoms with Gasteiger partial charge in [0.25, 0.3) is 0 Å². The standard InChI is InChI=1S/C21H24N4O2S/c26-20(22-13-18-7-4-12-27-18)14-24-8-10-25(11-9-24)15-21-23-19(16-28-21)17-5-2-1-3-6-17/h1-7,12,16H,8-11,13-15H2,(H,22,26). The molecule has 0 radical (unpaired) electrons. The molecule has 0 saturated carbocycles. The Balaban J connectivity index is 1.20. The van der Waals surface area contributed by atoms with E-state index in [2.05, 4.69) is 32.6 Å². The van der Waals surface area contributed by atoms with E-state index in [1.807, 2.05) is 30.3 Å². The Labute approximate surface area is 168 Å². The molecular formula is C21H24N4O2S. The average Bonchev–Trinajstić information content (AvgIpc) is 3.41. The molecule has 1 aromatic carbocycles. The van der Waals surface area contributed by atoms with Crippen LogP contribution >= 0.6 is 11.3 Å². The zero-order valence-electron chi connectivity index (χ0n) is 15.7. The Bertz CT molecular complexity index is 871. The molecule has 1 fully saturated rings. The van der Waals surface area contributed by atoms with Crippen molar-refractivity contribution < 1.29 is 9.21 Å². The molecule has 6 nitrogen and oxygen atoms in total. The molecule has 0 spiro atoms. The maximum atomic E-state index is 12.1. The van der Waals surface area contributed by atoms with Crippen LogP contribution in [0.4, 0.5) is 0 Å². The summed E-state index contributed by atoms with van der Waals surface area (Å²) in [7, 11) is 0. The lowest BCUT2D eigenvalue weighted by Crippen LogP contribution is -2.49. The van der Waals surface area contributed by atoms with Gasteiger partial charge in [0.1, 0.15) is 10.8 Å². The predicted octanol–water partition coefficient (Wildman–Crippen LogP) is 2.84. The number of thiazole rings is 1. The number of hydrogen-bond acceptors (Lipinski definition) is 6. The van der Waals surface area contributed by atoms with E-state index in [4.69, 9.17) is 9.40 Å². The minimum atomic E-state index is 0.0391. The fourth-order valence-corrected chi connectivity index (χ4v) is 4.12. The Morgan fingerprint density at radius 1 is 1.07 bits per heavy atom. The molecule has 1 aliphatic heterocycles. The topological polar surface area (TPSA) is 61.6 Å². The number of hydrogen-bond donors (Lipinski definition) is 1. The van der Waals surface area contributed by atoms with Crippen molar-refractivity contribution in [2.24, 2.45) is 0 Å². The maximum absolute atomic E-state index is 12.1. The smallest absolute Gasteiger partial charge is 0.234 e. The summed E-state index contributed by atoms with van der Waals surface area (Å²) >= 11 is 1.72. The zero-order chi connectivity index (χ0) is 19.2. The van der Waals surface area contributed by atoms with E-state index in [-0.39, 0.29) is 5.91 Å². The number of nitrogens with zero attached hydrogens (tertiary/aromatic N) is 3. The summed E-state index contributed by atoms with van der Waals surface area (Å²) in [6.45, 7) is 5.44. The number of furan rings is 1. The number of piperazine rings is 1. The number of amides is 1. The van der Waals surface area contributed by atoms with E-state index in [9.17, 15) is 4.79 Å². The normalized spacial score (nSPS) is 15.6. The van der Waals surface area contributed by atoms with Gasteiger partial charge in [-0.05, 0) is 12.1 Å². The molecule has 3 aromatic rings. The van der Waals surface area contributed by atoms with Crippen LogP contribution in [0.3, 0.4) is 0 Å². The molecule has 1 N–H and O–H groups in total. The minimum Gasteiger partial charge on any atom is -0.467 e. The zero-order valence-corrected chi connectivity index (χ0v) is 16.5. The molecule has 0 bridgehead atoms. The van der Waals surface area contributed by atoms with Crippen LogP contribution < -0.4 is 5.32 Å². The highest BCUT2D eigenvalue weighted by Gasteiger charge is 2.20. The van der Waals surface area contributed by atoms with Crippen LogP contribution in [0.15, 0.2) is 58.5 Å². The van der Waals surface area contributed by atoms with Crippen LogP contribution in [0, 0.1) is 0 Å². The maximum Gasteiger partial charge on any atom is 0.234 e. The van der Waals surface area contributed by atoms with Crippen molar-refractivity contribution in [2.75, 3.05) is 32.7 Å². The summed E-state index contributed by atoms with van der Waals surface area (Å²) in [5.41, 5.74) is 2.21. The summed E-state index contributed by atoms with van der Waals surface area (Å²) in [5.74, 6) is 0.814. The van der Waals surface area contributed by atoms with Crippen LogP contribution in [0.25, 0.3) is 11.3 Å². The van der Waals surface area contributed by atoms with Crippen molar-refractivity contribution in [2.45, 2.75) is 13.1 Å². The third-order valence-corrected chi connectivity index (χ3v) is 5.69. The molecule has 1 aliphatic rings. The van der Waals surface area contributed by atoms with E-state index < -0.39 is 0 Å². The molecule has 2 aromatic heterocycles. The van der Waals surface area contributed by atoms with Gasteiger partial charge in [0.2, 0.25) is 5.91 Å². The first-order chi connectivity index (χ1) is 13.8. The van der Waals surface area contributed by atoms with E-state index in [0.717, 1.165) is 54.7 Å². The molecule has 3 heterocycles. The quantitative estimate of drug-likeness (QED) is 0.665. The molecule has 7 heteroatoms. The second-order valence-corrected chi connectivity index (χ2v) is 7.84. The first-order valence-electron chi connectivity index (χ1n) is 9.50. The number of carbonyl (C=O) groups is 1. The average molecular weight is 397 g/mol. The molecule has 4 rings (SSSR count). The second kappa shape index (κ2) is 9.14. The van der Waals surface area contributed by atoms with Gasteiger partial charge < -0.3 is 9.73 Å². The first kappa shape index (κ1) is 18.9. The van der Waals surface area contributed by atoms with Gasteiger partial charge in [-0.3, -0.25) is 14.6 Å².